The third-order valence-electron chi connectivity index (χ3n) is 11.2. The van der Waals surface area contributed by atoms with Crippen molar-refractivity contribution in [3.05, 3.63) is 194 Å². The van der Waals surface area contributed by atoms with Gasteiger partial charge in [-0.15, -0.1) is 0 Å². The average Bonchev–Trinajstić information content (AvgIpc) is 3.34. The fourth-order valence-corrected chi connectivity index (χ4v) is 8.92. The molecule has 0 unspecified atom stereocenters. The van der Waals surface area contributed by atoms with Crippen LogP contribution >= 0.6 is 0 Å². The third kappa shape index (κ3) is 4.28. The topological polar surface area (TPSA) is 0 Å². The molecule has 0 aromatic heterocycles. The van der Waals surface area contributed by atoms with Crippen molar-refractivity contribution in [2.75, 3.05) is 0 Å². The summed E-state index contributed by atoms with van der Waals surface area (Å²) < 4.78 is 0. The first-order chi connectivity index (χ1) is 25.8. The molecule has 240 valence electrons. The average molecular weight is 657 g/mol. The van der Waals surface area contributed by atoms with E-state index in [0.29, 0.717) is 0 Å². The van der Waals surface area contributed by atoms with E-state index in [-0.39, 0.29) is 0 Å². The molecule has 10 aromatic carbocycles. The van der Waals surface area contributed by atoms with Crippen LogP contribution in [0.5, 0.6) is 0 Å². The van der Waals surface area contributed by atoms with Crippen molar-refractivity contribution in [3.8, 4) is 66.8 Å². The largest absolute Gasteiger partial charge is 0.0622 e. The second kappa shape index (κ2) is 11.4. The summed E-state index contributed by atoms with van der Waals surface area (Å²) in [6, 6.07) is 71.9. The number of hydrogen-bond acceptors (Lipinski definition) is 0. The van der Waals surface area contributed by atoms with Gasteiger partial charge in [0.05, 0.1) is 0 Å². The maximum atomic E-state index is 2.38. The molecule has 0 radical (unpaired) electrons. The molecule has 0 amide bonds. The highest BCUT2D eigenvalue weighted by Crippen LogP contribution is 2.51. The van der Waals surface area contributed by atoms with E-state index in [2.05, 4.69) is 194 Å². The van der Waals surface area contributed by atoms with Crippen LogP contribution in [0.1, 0.15) is 0 Å². The lowest BCUT2D eigenvalue weighted by atomic mass is 9.83. The predicted molar refractivity (Wildman–Crippen MR) is 223 cm³/mol. The first-order valence-electron chi connectivity index (χ1n) is 18.1. The lowest BCUT2D eigenvalue weighted by Gasteiger charge is -2.20. The number of rotatable bonds is 3. The standard InChI is InChI=1S/C52H32/c1-2-13-33(14-3-1)34-25-26-36-32-37(28-27-35(36)31-34)50-43-19-8-10-21-45(43)52(46-22-11-9-20-44(46)50)49-30-29-48-41-18-7-5-16-39(41)38-15-4-6-17-40(38)42-23-12-24-47(49)51(42)48/h1-32H. The molecule has 0 nitrogen and oxygen atoms in total. The van der Waals surface area contributed by atoms with E-state index < -0.39 is 0 Å². The van der Waals surface area contributed by atoms with Crippen molar-refractivity contribution >= 4 is 43.1 Å². The minimum atomic E-state index is 1.24. The van der Waals surface area contributed by atoms with Crippen molar-refractivity contribution < 1.29 is 0 Å². The molecule has 0 spiro atoms. The maximum Gasteiger partial charge on any atom is -0.00201 e. The van der Waals surface area contributed by atoms with Gasteiger partial charge in [-0.2, -0.15) is 0 Å². The van der Waals surface area contributed by atoms with Gasteiger partial charge in [0.15, 0.2) is 0 Å². The fourth-order valence-electron chi connectivity index (χ4n) is 8.92. The molecule has 1 aliphatic rings. The highest BCUT2D eigenvalue weighted by molar-refractivity contribution is 6.26. The Morgan fingerprint density at radius 3 is 1.25 bits per heavy atom. The Morgan fingerprint density at radius 1 is 0.212 bits per heavy atom. The molecular weight excluding hydrogens is 625 g/mol. The predicted octanol–water partition coefficient (Wildman–Crippen LogP) is 14.6. The summed E-state index contributed by atoms with van der Waals surface area (Å²) in [5.74, 6) is 0. The normalized spacial score (nSPS) is 11.8. The first kappa shape index (κ1) is 29.0. The van der Waals surface area contributed by atoms with Gasteiger partial charge in [-0.1, -0.05) is 182 Å². The van der Waals surface area contributed by atoms with Crippen molar-refractivity contribution in [3.63, 3.8) is 0 Å². The van der Waals surface area contributed by atoms with Crippen molar-refractivity contribution in [2.24, 2.45) is 0 Å². The van der Waals surface area contributed by atoms with E-state index in [1.165, 1.54) is 110 Å². The van der Waals surface area contributed by atoms with E-state index in [4.69, 9.17) is 0 Å². The number of hydrogen-bond donors (Lipinski definition) is 0. The summed E-state index contributed by atoms with van der Waals surface area (Å²) in [5.41, 5.74) is 15.3. The fraction of sp³-hybridized carbons (Fsp3) is 0. The van der Waals surface area contributed by atoms with Gasteiger partial charge in [-0.3, -0.25) is 0 Å². The van der Waals surface area contributed by atoms with E-state index in [9.17, 15) is 0 Å². The van der Waals surface area contributed by atoms with E-state index in [0.717, 1.165) is 0 Å². The summed E-state index contributed by atoms with van der Waals surface area (Å²) >= 11 is 0. The van der Waals surface area contributed by atoms with Crippen LogP contribution in [0.4, 0.5) is 0 Å². The molecule has 52 heavy (non-hydrogen) atoms. The highest BCUT2D eigenvalue weighted by Gasteiger charge is 2.24. The monoisotopic (exact) mass is 656 g/mol. The molecule has 0 heteroatoms. The molecule has 0 saturated carbocycles. The SMILES string of the molecule is c1ccc(-c2ccc3cc(-c4c5ccccc5c(-c5ccc6c7c(cccc57)-c5ccccc5-c5ccccc5-6)c5ccccc45)ccc3c2)cc1. The van der Waals surface area contributed by atoms with Crippen LogP contribution in [-0.2, 0) is 0 Å². The lowest BCUT2D eigenvalue weighted by molar-refractivity contribution is 1.62. The molecule has 11 rings (SSSR count). The zero-order chi connectivity index (χ0) is 34.2. The number of benzene rings is 10. The van der Waals surface area contributed by atoms with Crippen molar-refractivity contribution in [1.29, 1.82) is 0 Å². The van der Waals surface area contributed by atoms with Gasteiger partial charge in [-0.25, -0.2) is 0 Å². The molecule has 1 aliphatic carbocycles. The van der Waals surface area contributed by atoms with Gasteiger partial charge in [0, 0.05) is 0 Å². The summed E-state index contributed by atoms with van der Waals surface area (Å²) in [7, 11) is 0. The second-order valence-electron chi connectivity index (χ2n) is 14.0. The summed E-state index contributed by atoms with van der Waals surface area (Å²) in [6.45, 7) is 0. The Morgan fingerprint density at radius 2 is 0.635 bits per heavy atom. The summed E-state index contributed by atoms with van der Waals surface area (Å²) in [6.07, 6.45) is 0. The molecule has 0 atom stereocenters. The van der Waals surface area contributed by atoms with Crippen LogP contribution in [-0.4, -0.2) is 0 Å². The molecule has 0 bridgehead atoms. The Balaban J connectivity index is 1.18. The number of fused-ring (bicyclic) bond motifs is 8. The Hall–Kier alpha value is -6.76. The van der Waals surface area contributed by atoms with Crippen LogP contribution in [0.3, 0.4) is 0 Å². The minimum absolute atomic E-state index is 1.24. The van der Waals surface area contributed by atoms with E-state index in [1.54, 1.807) is 0 Å². The molecule has 0 saturated heterocycles. The van der Waals surface area contributed by atoms with Crippen LogP contribution in [0.2, 0.25) is 0 Å². The van der Waals surface area contributed by atoms with E-state index >= 15 is 0 Å². The minimum Gasteiger partial charge on any atom is -0.0622 e. The zero-order valence-electron chi connectivity index (χ0n) is 28.5. The van der Waals surface area contributed by atoms with Gasteiger partial charge in [0.2, 0.25) is 0 Å². The smallest absolute Gasteiger partial charge is 0.00201 e. The first-order valence-corrected chi connectivity index (χ1v) is 18.1. The molecule has 0 heterocycles. The van der Waals surface area contributed by atoms with Gasteiger partial charge < -0.3 is 0 Å². The van der Waals surface area contributed by atoms with Crippen LogP contribution in [0.25, 0.3) is 110 Å². The molecule has 0 N–H and O–H groups in total. The van der Waals surface area contributed by atoms with Crippen molar-refractivity contribution in [2.45, 2.75) is 0 Å². The molecule has 10 aromatic rings. The third-order valence-corrected chi connectivity index (χ3v) is 11.2. The maximum absolute atomic E-state index is 2.38. The zero-order valence-corrected chi connectivity index (χ0v) is 28.5. The molecular formula is C52H32. The van der Waals surface area contributed by atoms with Gasteiger partial charge in [0.25, 0.3) is 0 Å². The highest BCUT2D eigenvalue weighted by atomic mass is 14.3. The van der Waals surface area contributed by atoms with Crippen molar-refractivity contribution in [1.82, 2.24) is 0 Å². The summed E-state index contributed by atoms with van der Waals surface area (Å²) in [4.78, 5) is 0. The summed E-state index contributed by atoms with van der Waals surface area (Å²) in [5, 5.41) is 10.2. The second-order valence-corrected chi connectivity index (χ2v) is 14.0. The Kier molecular flexibility index (Phi) is 6.35. The van der Waals surface area contributed by atoms with Crippen LogP contribution in [0.15, 0.2) is 194 Å². The van der Waals surface area contributed by atoms with Crippen LogP contribution in [0, 0.1) is 0 Å². The quantitative estimate of drug-likeness (QED) is 0.166. The van der Waals surface area contributed by atoms with Gasteiger partial charge in [-0.05, 0) is 122 Å². The molecule has 0 aliphatic heterocycles. The lowest BCUT2D eigenvalue weighted by Crippen LogP contribution is -1.93. The van der Waals surface area contributed by atoms with E-state index in [1.807, 2.05) is 0 Å². The Labute approximate surface area is 302 Å². The van der Waals surface area contributed by atoms with Crippen LogP contribution < -0.4 is 0 Å². The molecule has 0 fully saturated rings. The van der Waals surface area contributed by atoms with Gasteiger partial charge in [0.1, 0.15) is 0 Å². The Bertz CT molecular complexity index is 2950. The van der Waals surface area contributed by atoms with Gasteiger partial charge >= 0.3 is 0 Å².